The van der Waals surface area contributed by atoms with E-state index in [9.17, 15) is 4.79 Å². The van der Waals surface area contributed by atoms with Gasteiger partial charge >= 0.3 is 0 Å². The van der Waals surface area contributed by atoms with E-state index in [0.717, 1.165) is 41.8 Å². The molecule has 6 rings (SSSR count). The third-order valence-corrected chi connectivity index (χ3v) is 6.44. The predicted molar refractivity (Wildman–Crippen MR) is 119 cm³/mol. The number of nitrogens with one attached hydrogen (secondary N) is 1. The highest BCUT2D eigenvalue weighted by molar-refractivity contribution is 6.01. The summed E-state index contributed by atoms with van der Waals surface area (Å²) in [4.78, 5) is 14.7. The number of anilines is 1. The van der Waals surface area contributed by atoms with Crippen LogP contribution in [-0.2, 0) is 6.54 Å². The summed E-state index contributed by atoms with van der Waals surface area (Å²) in [6.45, 7) is 1.83. The fourth-order valence-corrected chi connectivity index (χ4v) is 5.00. The average molecular weight is 407 g/mol. The summed E-state index contributed by atoms with van der Waals surface area (Å²) in [6.07, 6.45) is 1.63. The Bertz CT molecular complexity index is 1260. The molecule has 4 aromatic rings. The molecule has 1 N–H and O–H groups in total. The number of nitrogens with zero attached hydrogens (tertiary/aromatic N) is 4. The van der Waals surface area contributed by atoms with Crippen molar-refractivity contribution < 1.29 is 4.79 Å². The fraction of sp³-hybridized carbons (Fsp3) is 0.200. The van der Waals surface area contributed by atoms with Crippen molar-refractivity contribution in [1.82, 2.24) is 20.6 Å². The Kier molecular flexibility index (Phi) is 4.16. The van der Waals surface area contributed by atoms with E-state index < -0.39 is 0 Å². The third kappa shape index (κ3) is 3.03. The van der Waals surface area contributed by atoms with Gasteiger partial charge < -0.3 is 4.90 Å². The first-order chi connectivity index (χ1) is 15.3. The van der Waals surface area contributed by atoms with Gasteiger partial charge in [-0.1, -0.05) is 60.7 Å². The average Bonchev–Trinajstić information content (AvgIpc) is 3.47. The number of benzene rings is 3. The zero-order valence-electron chi connectivity index (χ0n) is 17.0. The van der Waals surface area contributed by atoms with Crippen molar-refractivity contribution in [2.75, 3.05) is 11.4 Å². The Balaban J connectivity index is 1.28. The first-order valence-electron chi connectivity index (χ1n) is 10.6. The number of aromatic amines is 1. The number of aromatic nitrogens is 4. The molecule has 2 heterocycles. The van der Waals surface area contributed by atoms with E-state index in [1.54, 1.807) is 0 Å². The van der Waals surface area contributed by atoms with Crippen molar-refractivity contribution in [3.05, 3.63) is 83.4 Å². The van der Waals surface area contributed by atoms with Crippen LogP contribution in [0.2, 0.25) is 0 Å². The van der Waals surface area contributed by atoms with E-state index in [4.69, 9.17) is 0 Å². The summed E-state index contributed by atoms with van der Waals surface area (Å²) in [6, 6.07) is 22.9. The first-order valence-corrected chi connectivity index (χ1v) is 10.6. The van der Waals surface area contributed by atoms with Crippen molar-refractivity contribution in [2.24, 2.45) is 0 Å². The van der Waals surface area contributed by atoms with Gasteiger partial charge in [0.05, 0.1) is 0 Å². The smallest absolute Gasteiger partial charge is 0.205 e. The third-order valence-electron chi connectivity index (χ3n) is 6.44. The highest BCUT2D eigenvalue weighted by Crippen LogP contribution is 2.44. The van der Waals surface area contributed by atoms with Gasteiger partial charge in [-0.3, -0.25) is 4.79 Å². The molecule has 0 fully saturated rings. The fourth-order valence-electron chi connectivity index (χ4n) is 5.00. The SMILES string of the molecule is O=C1CCC2CN(Cc3ccc(-c4ccccc4-c4nn[nH]n4)cc3)c3cccc1c32. The van der Waals surface area contributed by atoms with Gasteiger partial charge in [-0.2, -0.15) is 5.21 Å². The maximum absolute atomic E-state index is 12.3. The quantitative estimate of drug-likeness (QED) is 0.535. The number of ketones is 1. The minimum Gasteiger partial charge on any atom is -0.366 e. The van der Waals surface area contributed by atoms with E-state index in [-0.39, 0.29) is 0 Å². The molecule has 3 aromatic carbocycles. The molecular formula is C25H21N5O. The summed E-state index contributed by atoms with van der Waals surface area (Å²) in [7, 11) is 0. The molecule has 1 atom stereocenters. The van der Waals surface area contributed by atoms with Gasteiger partial charge in [-0.05, 0) is 40.0 Å². The summed E-state index contributed by atoms with van der Waals surface area (Å²) in [5.41, 5.74) is 7.83. The van der Waals surface area contributed by atoms with Crippen LogP contribution < -0.4 is 4.90 Å². The number of tetrazole rings is 1. The van der Waals surface area contributed by atoms with Gasteiger partial charge in [0.2, 0.25) is 5.82 Å². The number of hydrogen-bond donors (Lipinski definition) is 1. The van der Waals surface area contributed by atoms with Crippen LogP contribution in [0.25, 0.3) is 22.5 Å². The summed E-state index contributed by atoms with van der Waals surface area (Å²) in [5.74, 6) is 1.36. The van der Waals surface area contributed by atoms with Crippen LogP contribution in [0, 0.1) is 0 Å². The molecule has 0 saturated carbocycles. The zero-order valence-corrected chi connectivity index (χ0v) is 17.0. The minimum absolute atomic E-state index is 0.291. The summed E-state index contributed by atoms with van der Waals surface area (Å²) < 4.78 is 0. The van der Waals surface area contributed by atoms with Gasteiger partial charge in [-0.15, -0.1) is 10.2 Å². The molecule has 0 amide bonds. The van der Waals surface area contributed by atoms with Crippen molar-refractivity contribution in [1.29, 1.82) is 0 Å². The second-order valence-corrected chi connectivity index (χ2v) is 8.26. The van der Waals surface area contributed by atoms with Crippen LogP contribution in [0.5, 0.6) is 0 Å². The van der Waals surface area contributed by atoms with Crippen LogP contribution in [0.3, 0.4) is 0 Å². The second kappa shape index (κ2) is 7.16. The molecule has 152 valence electrons. The number of H-pyrrole nitrogens is 1. The zero-order chi connectivity index (χ0) is 20.8. The Hall–Kier alpha value is -3.80. The molecule has 0 spiro atoms. The van der Waals surface area contributed by atoms with Crippen LogP contribution in [0.15, 0.2) is 66.7 Å². The standard InChI is InChI=1S/C25H21N5O/c31-23-13-12-18-15-30(22-7-3-6-21(23)24(18)22)14-16-8-10-17(11-9-16)19-4-1-2-5-20(19)25-26-28-29-27-25/h1-11,18H,12-15H2,(H,26,27,28,29). The molecule has 0 radical (unpaired) electrons. The van der Waals surface area contributed by atoms with Crippen LogP contribution in [0.1, 0.15) is 40.2 Å². The number of rotatable bonds is 4. The van der Waals surface area contributed by atoms with Crippen molar-refractivity contribution in [2.45, 2.75) is 25.3 Å². The lowest BCUT2D eigenvalue weighted by Gasteiger charge is -2.20. The Morgan fingerprint density at radius 3 is 2.55 bits per heavy atom. The molecule has 0 saturated heterocycles. The molecule has 0 bridgehead atoms. The molecule has 1 aliphatic carbocycles. The first kappa shape index (κ1) is 18.0. The monoisotopic (exact) mass is 407 g/mol. The second-order valence-electron chi connectivity index (χ2n) is 8.26. The Morgan fingerprint density at radius 1 is 0.935 bits per heavy atom. The van der Waals surface area contributed by atoms with E-state index in [1.165, 1.54) is 16.8 Å². The molecule has 1 unspecified atom stereocenters. The van der Waals surface area contributed by atoms with E-state index in [0.29, 0.717) is 23.9 Å². The molecule has 6 heteroatoms. The number of carbonyl (C=O) groups excluding carboxylic acids is 1. The van der Waals surface area contributed by atoms with Crippen molar-refractivity contribution in [3.8, 4) is 22.5 Å². The maximum atomic E-state index is 12.3. The Labute approximate surface area is 179 Å². The molecular weight excluding hydrogens is 386 g/mol. The van der Waals surface area contributed by atoms with Gasteiger partial charge in [0.15, 0.2) is 5.78 Å². The van der Waals surface area contributed by atoms with E-state index in [1.807, 2.05) is 30.3 Å². The van der Waals surface area contributed by atoms with Crippen molar-refractivity contribution in [3.63, 3.8) is 0 Å². The molecule has 31 heavy (non-hydrogen) atoms. The van der Waals surface area contributed by atoms with Gasteiger partial charge in [0.25, 0.3) is 0 Å². The van der Waals surface area contributed by atoms with Gasteiger partial charge in [0, 0.05) is 42.2 Å². The maximum Gasteiger partial charge on any atom is 0.205 e. The number of hydrogen-bond acceptors (Lipinski definition) is 5. The lowest BCUT2D eigenvalue weighted by molar-refractivity contribution is 0.0968. The predicted octanol–water partition coefficient (Wildman–Crippen LogP) is 4.61. The molecule has 6 nitrogen and oxygen atoms in total. The highest BCUT2D eigenvalue weighted by Gasteiger charge is 2.35. The van der Waals surface area contributed by atoms with Gasteiger partial charge in [0.1, 0.15) is 0 Å². The minimum atomic E-state index is 0.291. The normalized spacial score (nSPS) is 17.1. The van der Waals surface area contributed by atoms with E-state index >= 15 is 0 Å². The molecule has 1 aliphatic heterocycles. The van der Waals surface area contributed by atoms with Gasteiger partial charge in [-0.25, -0.2) is 0 Å². The largest absolute Gasteiger partial charge is 0.366 e. The van der Waals surface area contributed by atoms with E-state index in [2.05, 4.69) is 61.9 Å². The molecule has 2 aliphatic rings. The Morgan fingerprint density at radius 2 is 1.74 bits per heavy atom. The van der Waals surface area contributed by atoms with Crippen LogP contribution >= 0.6 is 0 Å². The lowest BCUT2D eigenvalue weighted by Crippen LogP contribution is -2.21. The van der Waals surface area contributed by atoms with Crippen LogP contribution in [0.4, 0.5) is 5.69 Å². The highest BCUT2D eigenvalue weighted by atomic mass is 16.1. The lowest BCUT2D eigenvalue weighted by atomic mass is 9.83. The van der Waals surface area contributed by atoms with Crippen molar-refractivity contribution >= 4 is 11.5 Å². The summed E-state index contributed by atoms with van der Waals surface area (Å²) in [5, 5.41) is 14.5. The summed E-state index contributed by atoms with van der Waals surface area (Å²) >= 11 is 0. The topological polar surface area (TPSA) is 74.8 Å². The number of carbonyl (C=O) groups is 1. The molecule has 1 aromatic heterocycles. The van der Waals surface area contributed by atoms with Crippen LogP contribution in [-0.4, -0.2) is 33.0 Å². The number of Topliss-reactive ketones (excluding diaryl/α,β-unsaturated/α-hetero) is 1.